The number of nitrogens with zero attached hydrogens (tertiary/aromatic N) is 1. The Labute approximate surface area is 126 Å². The minimum absolute atomic E-state index is 0.0550. The monoisotopic (exact) mass is 291 g/mol. The Hall–Kier alpha value is -1.59. The maximum Gasteiger partial charge on any atom is 0.321 e. The fourth-order valence-electron chi connectivity index (χ4n) is 2.57. The number of likely N-dealkylation sites (tertiary alicyclic amines) is 1. The molecule has 21 heavy (non-hydrogen) atoms. The molecular formula is C16H25N3O2. The van der Waals surface area contributed by atoms with Crippen molar-refractivity contribution in [2.75, 3.05) is 32.1 Å². The van der Waals surface area contributed by atoms with Gasteiger partial charge in [-0.15, -0.1) is 0 Å². The largest absolute Gasteiger partial charge is 0.396 e. The lowest BCUT2D eigenvalue weighted by Gasteiger charge is -2.31. The first kappa shape index (κ1) is 15.8. The molecule has 1 aliphatic rings. The van der Waals surface area contributed by atoms with Crippen LogP contribution < -0.4 is 10.6 Å². The van der Waals surface area contributed by atoms with E-state index in [1.807, 2.05) is 36.2 Å². The summed E-state index contributed by atoms with van der Waals surface area (Å²) in [6, 6.07) is 8.10. The van der Waals surface area contributed by atoms with Crippen molar-refractivity contribution in [1.29, 1.82) is 0 Å². The minimum Gasteiger partial charge on any atom is -0.396 e. The second-order valence-corrected chi connectivity index (χ2v) is 5.68. The molecule has 116 valence electrons. The quantitative estimate of drug-likeness (QED) is 0.797. The van der Waals surface area contributed by atoms with E-state index < -0.39 is 0 Å². The molecule has 0 bridgehead atoms. The van der Waals surface area contributed by atoms with Gasteiger partial charge in [0.25, 0.3) is 0 Å². The van der Waals surface area contributed by atoms with E-state index in [0.717, 1.165) is 24.1 Å². The zero-order chi connectivity index (χ0) is 15.2. The van der Waals surface area contributed by atoms with Crippen LogP contribution in [0, 0.1) is 5.92 Å². The molecule has 5 nitrogen and oxygen atoms in total. The summed E-state index contributed by atoms with van der Waals surface area (Å²) in [6.07, 6.45) is 1.75. The van der Waals surface area contributed by atoms with Crippen molar-refractivity contribution in [2.45, 2.75) is 25.8 Å². The number of carbonyl (C=O) groups excluding carboxylic acids is 1. The molecule has 1 aromatic carbocycles. The van der Waals surface area contributed by atoms with Crippen molar-refractivity contribution in [2.24, 2.45) is 5.92 Å². The van der Waals surface area contributed by atoms with Crippen molar-refractivity contribution in [3.05, 3.63) is 29.8 Å². The van der Waals surface area contributed by atoms with E-state index >= 15 is 0 Å². The molecule has 3 N–H and O–H groups in total. The smallest absolute Gasteiger partial charge is 0.321 e. The Morgan fingerprint density at radius 3 is 2.76 bits per heavy atom. The molecule has 2 rings (SSSR count). The first-order valence-corrected chi connectivity index (χ1v) is 7.58. The van der Waals surface area contributed by atoms with Crippen LogP contribution in [0.1, 0.15) is 31.4 Å². The average molecular weight is 291 g/mol. The molecule has 2 amide bonds. The standard InChI is InChI=1S/C16H25N3O2/c1-12(17-2)14-4-3-5-15(10-14)18-16(21)19-8-6-13(11-20)7-9-19/h3-5,10,12-13,17,20H,6-9,11H2,1-2H3,(H,18,21). The summed E-state index contributed by atoms with van der Waals surface area (Å²) in [5.41, 5.74) is 1.97. The predicted molar refractivity (Wildman–Crippen MR) is 84.3 cm³/mol. The number of anilines is 1. The van der Waals surface area contributed by atoms with Crippen molar-refractivity contribution < 1.29 is 9.90 Å². The normalized spacial score (nSPS) is 17.6. The van der Waals surface area contributed by atoms with Gasteiger partial charge >= 0.3 is 6.03 Å². The molecular weight excluding hydrogens is 266 g/mol. The Kier molecular flexibility index (Phi) is 5.59. The Morgan fingerprint density at radius 2 is 2.14 bits per heavy atom. The summed E-state index contributed by atoms with van der Waals surface area (Å²) in [6.45, 7) is 3.73. The van der Waals surface area contributed by atoms with Gasteiger partial charge in [0.1, 0.15) is 0 Å². The second-order valence-electron chi connectivity index (χ2n) is 5.68. The SMILES string of the molecule is CNC(C)c1cccc(NC(=O)N2CCC(CO)CC2)c1. The van der Waals surface area contributed by atoms with Gasteiger partial charge in [0.2, 0.25) is 0 Å². The molecule has 0 radical (unpaired) electrons. The summed E-state index contributed by atoms with van der Waals surface area (Å²) in [4.78, 5) is 14.1. The first-order valence-electron chi connectivity index (χ1n) is 7.58. The molecule has 0 aromatic heterocycles. The zero-order valence-electron chi connectivity index (χ0n) is 12.8. The predicted octanol–water partition coefficient (Wildman–Crippen LogP) is 2.20. The fourth-order valence-corrected chi connectivity index (χ4v) is 2.57. The number of aliphatic hydroxyl groups excluding tert-OH is 1. The van der Waals surface area contributed by atoms with Gasteiger partial charge in [-0.3, -0.25) is 0 Å². The van der Waals surface area contributed by atoms with Gasteiger partial charge in [0.15, 0.2) is 0 Å². The van der Waals surface area contributed by atoms with E-state index in [1.165, 1.54) is 0 Å². The lowest BCUT2D eigenvalue weighted by Crippen LogP contribution is -2.41. The lowest BCUT2D eigenvalue weighted by molar-refractivity contribution is 0.143. The van der Waals surface area contributed by atoms with Crippen LogP contribution in [0.15, 0.2) is 24.3 Å². The summed E-state index contributed by atoms with van der Waals surface area (Å²) in [5, 5.41) is 15.3. The number of rotatable bonds is 4. The Morgan fingerprint density at radius 1 is 1.43 bits per heavy atom. The maximum atomic E-state index is 12.2. The number of urea groups is 1. The van der Waals surface area contributed by atoms with Gasteiger partial charge in [-0.25, -0.2) is 4.79 Å². The number of piperidine rings is 1. The van der Waals surface area contributed by atoms with Gasteiger partial charge in [-0.2, -0.15) is 0 Å². The van der Waals surface area contributed by atoms with Crippen LogP contribution in [0.3, 0.4) is 0 Å². The van der Waals surface area contributed by atoms with E-state index in [4.69, 9.17) is 5.11 Å². The second kappa shape index (κ2) is 7.43. The van der Waals surface area contributed by atoms with Crippen LogP contribution in [0.5, 0.6) is 0 Å². The third-order valence-corrected chi connectivity index (χ3v) is 4.23. The molecule has 1 aliphatic heterocycles. The lowest BCUT2D eigenvalue weighted by atomic mass is 9.98. The molecule has 5 heteroatoms. The number of carbonyl (C=O) groups is 1. The summed E-state index contributed by atoms with van der Waals surface area (Å²) >= 11 is 0. The van der Waals surface area contributed by atoms with Crippen LogP contribution in [0.2, 0.25) is 0 Å². The Balaban J connectivity index is 1.94. The van der Waals surface area contributed by atoms with E-state index in [-0.39, 0.29) is 18.7 Å². The van der Waals surface area contributed by atoms with Crippen LogP contribution in [0.25, 0.3) is 0 Å². The van der Waals surface area contributed by atoms with E-state index in [9.17, 15) is 4.79 Å². The number of benzene rings is 1. The van der Waals surface area contributed by atoms with Crippen LogP contribution in [-0.2, 0) is 0 Å². The molecule has 1 fully saturated rings. The molecule has 1 atom stereocenters. The highest BCUT2D eigenvalue weighted by Gasteiger charge is 2.22. The molecule has 1 unspecified atom stereocenters. The fraction of sp³-hybridized carbons (Fsp3) is 0.562. The molecule has 0 saturated carbocycles. The topological polar surface area (TPSA) is 64.6 Å². The van der Waals surface area contributed by atoms with E-state index in [0.29, 0.717) is 19.0 Å². The van der Waals surface area contributed by atoms with Gasteiger partial charge in [-0.05, 0) is 50.4 Å². The first-order chi connectivity index (χ1) is 10.1. The van der Waals surface area contributed by atoms with Gasteiger partial charge in [-0.1, -0.05) is 12.1 Å². The summed E-state index contributed by atoms with van der Waals surface area (Å²) in [7, 11) is 1.92. The van der Waals surface area contributed by atoms with E-state index in [1.54, 1.807) is 0 Å². The van der Waals surface area contributed by atoms with Crippen LogP contribution in [0.4, 0.5) is 10.5 Å². The summed E-state index contributed by atoms with van der Waals surface area (Å²) < 4.78 is 0. The summed E-state index contributed by atoms with van der Waals surface area (Å²) in [5.74, 6) is 0.342. The number of hydrogen-bond acceptors (Lipinski definition) is 3. The maximum absolute atomic E-state index is 12.2. The zero-order valence-corrected chi connectivity index (χ0v) is 12.8. The third-order valence-electron chi connectivity index (χ3n) is 4.23. The Bertz CT molecular complexity index is 470. The number of amides is 2. The molecule has 1 heterocycles. The van der Waals surface area contributed by atoms with Crippen LogP contribution in [-0.4, -0.2) is 42.8 Å². The molecule has 0 spiro atoms. The average Bonchev–Trinajstić information content (AvgIpc) is 2.54. The van der Waals surface area contributed by atoms with Crippen molar-refractivity contribution in [3.63, 3.8) is 0 Å². The highest BCUT2D eigenvalue weighted by Crippen LogP contribution is 2.20. The van der Waals surface area contributed by atoms with Crippen molar-refractivity contribution in [3.8, 4) is 0 Å². The van der Waals surface area contributed by atoms with Gasteiger partial charge in [0, 0.05) is 31.4 Å². The number of aliphatic hydroxyl groups is 1. The molecule has 1 saturated heterocycles. The van der Waals surface area contributed by atoms with Gasteiger partial charge < -0.3 is 20.6 Å². The number of nitrogens with one attached hydrogen (secondary N) is 2. The van der Waals surface area contributed by atoms with E-state index in [2.05, 4.69) is 17.6 Å². The number of hydrogen-bond donors (Lipinski definition) is 3. The molecule has 0 aliphatic carbocycles. The van der Waals surface area contributed by atoms with Crippen molar-refractivity contribution in [1.82, 2.24) is 10.2 Å². The highest BCUT2D eigenvalue weighted by atomic mass is 16.3. The van der Waals surface area contributed by atoms with Gasteiger partial charge in [0.05, 0.1) is 0 Å². The van der Waals surface area contributed by atoms with Crippen LogP contribution >= 0.6 is 0 Å². The molecule has 1 aromatic rings. The highest BCUT2D eigenvalue weighted by molar-refractivity contribution is 5.89. The third kappa shape index (κ3) is 4.19. The van der Waals surface area contributed by atoms with Crippen molar-refractivity contribution >= 4 is 11.7 Å². The minimum atomic E-state index is -0.0550.